The Bertz CT molecular complexity index is 247. The van der Waals surface area contributed by atoms with E-state index in [2.05, 4.69) is 5.32 Å². The minimum atomic E-state index is -0.961. The quantitative estimate of drug-likeness (QED) is 0.669. The van der Waals surface area contributed by atoms with Gasteiger partial charge < -0.3 is 15.2 Å². The number of ether oxygens (including phenoxy) is 1. The fourth-order valence-corrected chi connectivity index (χ4v) is 0.720. The van der Waals surface area contributed by atoms with Crippen LogP contribution in [-0.4, -0.2) is 30.3 Å². The molecule has 1 amide bonds. The Balaban J connectivity index is 3.95. The molecule has 0 saturated carbocycles. The molecule has 80 valence electrons. The van der Waals surface area contributed by atoms with Crippen molar-refractivity contribution in [2.24, 2.45) is 0 Å². The van der Waals surface area contributed by atoms with Gasteiger partial charge in [0, 0.05) is 19.0 Å². The highest BCUT2D eigenvalue weighted by Crippen LogP contribution is 2.02. The van der Waals surface area contributed by atoms with Crippen molar-refractivity contribution in [2.75, 3.05) is 7.05 Å². The van der Waals surface area contributed by atoms with Gasteiger partial charge in [-0.05, 0) is 13.8 Å². The first-order chi connectivity index (χ1) is 6.47. The molecule has 1 atom stereocenters. The van der Waals surface area contributed by atoms with E-state index < -0.39 is 12.1 Å². The molecule has 0 aromatic heterocycles. The zero-order valence-electron chi connectivity index (χ0n) is 8.53. The standard InChI is InChI=1S/C9H15NO4/c1-6(8(11)12)4-5-7(2)14-9(13)10-3/h4,7H,5H2,1-3H3,(H,10,13)(H,11,12). The molecule has 0 fully saturated rings. The first kappa shape index (κ1) is 12.5. The Kier molecular flexibility index (Phi) is 5.36. The second-order valence-corrected chi connectivity index (χ2v) is 2.89. The van der Waals surface area contributed by atoms with Gasteiger partial charge in [0.05, 0.1) is 0 Å². The van der Waals surface area contributed by atoms with Crippen LogP contribution >= 0.6 is 0 Å². The smallest absolute Gasteiger partial charge is 0.407 e. The Morgan fingerprint density at radius 2 is 2.14 bits per heavy atom. The maximum Gasteiger partial charge on any atom is 0.407 e. The zero-order chi connectivity index (χ0) is 11.1. The van der Waals surface area contributed by atoms with Crippen LogP contribution in [-0.2, 0) is 9.53 Å². The topological polar surface area (TPSA) is 75.6 Å². The highest BCUT2D eigenvalue weighted by atomic mass is 16.6. The van der Waals surface area contributed by atoms with E-state index in [0.29, 0.717) is 6.42 Å². The number of aliphatic carboxylic acids is 1. The van der Waals surface area contributed by atoms with Crippen LogP contribution in [0.15, 0.2) is 11.6 Å². The van der Waals surface area contributed by atoms with Crippen molar-refractivity contribution < 1.29 is 19.4 Å². The second-order valence-electron chi connectivity index (χ2n) is 2.89. The molecule has 0 bridgehead atoms. The summed E-state index contributed by atoms with van der Waals surface area (Å²) in [6.07, 6.45) is 1.07. The summed E-state index contributed by atoms with van der Waals surface area (Å²) in [7, 11) is 1.47. The lowest BCUT2D eigenvalue weighted by atomic mass is 10.2. The van der Waals surface area contributed by atoms with Gasteiger partial charge >= 0.3 is 12.1 Å². The molecule has 1 unspecified atom stereocenters. The van der Waals surface area contributed by atoms with Gasteiger partial charge in [-0.3, -0.25) is 0 Å². The predicted molar refractivity (Wildman–Crippen MR) is 51.0 cm³/mol. The summed E-state index contributed by atoms with van der Waals surface area (Å²) in [6.45, 7) is 3.19. The van der Waals surface area contributed by atoms with E-state index in [0.717, 1.165) is 0 Å². The number of carbonyl (C=O) groups excluding carboxylic acids is 1. The van der Waals surface area contributed by atoms with Gasteiger partial charge in [0.25, 0.3) is 0 Å². The molecule has 0 radical (unpaired) electrons. The van der Waals surface area contributed by atoms with Crippen LogP contribution in [0.25, 0.3) is 0 Å². The average molecular weight is 201 g/mol. The molecule has 5 heteroatoms. The van der Waals surface area contributed by atoms with Crippen molar-refractivity contribution in [3.63, 3.8) is 0 Å². The summed E-state index contributed by atoms with van der Waals surface area (Å²) >= 11 is 0. The Labute approximate surface area is 82.7 Å². The number of nitrogens with one attached hydrogen (secondary N) is 1. The number of carbonyl (C=O) groups is 2. The number of carboxylic acids is 1. The van der Waals surface area contributed by atoms with Gasteiger partial charge in [-0.2, -0.15) is 0 Å². The largest absolute Gasteiger partial charge is 0.478 e. The Hall–Kier alpha value is -1.52. The van der Waals surface area contributed by atoms with E-state index >= 15 is 0 Å². The normalized spacial score (nSPS) is 13.2. The Morgan fingerprint density at radius 1 is 1.57 bits per heavy atom. The Morgan fingerprint density at radius 3 is 2.57 bits per heavy atom. The fraction of sp³-hybridized carbons (Fsp3) is 0.556. The number of hydrogen-bond donors (Lipinski definition) is 2. The molecule has 5 nitrogen and oxygen atoms in total. The number of rotatable bonds is 4. The van der Waals surface area contributed by atoms with Crippen molar-refractivity contribution in [3.8, 4) is 0 Å². The van der Waals surface area contributed by atoms with Crippen molar-refractivity contribution >= 4 is 12.1 Å². The molecule has 0 aromatic rings. The maximum absolute atomic E-state index is 10.7. The third kappa shape index (κ3) is 5.18. The minimum absolute atomic E-state index is 0.248. The van der Waals surface area contributed by atoms with Crippen molar-refractivity contribution in [3.05, 3.63) is 11.6 Å². The zero-order valence-corrected chi connectivity index (χ0v) is 8.53. The summed E-state index contributed by atoms with van der Waals surface area (Å²) in [5.74, 6) is -0.961. The SMILES string of the molecule is CNC(=O)OC(C)CC=C(C)C(=O)O. The molecule has 14 heavy (non-hydrogen) atoms. The highest BCUT2D eigenvalue weighted by molar-refractivity contribution is 5.85. The molecule has 2 N–H and O–H groups in total. The van der Waals surface area contributed by atoms with Gasteiger partial charge in [-0.25, -0.2) is 9.59 Å². The van der Waals surface area contributed by atoms with Crippen LogP contribution < -0.4 is 5.32 Å². The second kappa shape index (κ2) is 6.01. The van der Waals surface area contributed by atoms with Gasteiger partial charge in [0.1, 0.15) is 6.10 Å². The van der Waals surface area contributed by atoms with Crippen LogP contribution in [0.3, 0.4) is 0 Å². The van der Waals surface area contributed by atoms with Crippen LogP contribution in [0, 0.1) is 0 Å². The van der Waals surface area contributed by atoms with E-state index in [1.807, 2.05) is 0 Å². The summed E-state index contributed by atoms with van der Waals surface area (Å²) in [4.78, 5) is 21.1. The lowest BCUT2D eigenvalue weighted by Gasteiger charge is -2.10. The van der Waals surface area contributed by atoms with E-state index in [1.54, 1.807) is 6.92 Å². The first-order valence-corrected chi connectivity index (χ1v) is 4.25. The van der Waals surface area contributed by atoms with Crippen molar-refractivity contribution in [1.82, 2.24) is 5.32 Å². The molecule has 0 saturated heterocycles. The number of alkyl carbamates (subject to hydrolysis) is 1. The van der Waals surface area contributed by atoms with Crippen molar-refractivity contribution in [1.29, 1.82) is 0 Å². The molecule has 0 aliphatic heterocycles. The van der Waals surface area contributed by atoms with E-state index in [9.17, 15) is 9.59 Å². The molecule has 0 aromatic carbocycles. The average Bonchev–Trinajstić information content (AvgIpc) is 2.13. The van der Waals surface area contributed by atoms with Crippen LogP contribution in [0.2, 0.25) is 0 Å². The molecule has 0 spiro atoms. The lowest BCUT2D eigenvalue weighted by Crippen LogP contribution is -2.24. The van der Waals surface area contributed by atoms with Crippen LogP contribution in [0.1, 0.15) is 20.3 Å². The lowest BCUT2D eigenvalue weighted by molar-refractivity contribution is -0.132. The third-order valence-corrected chi connectivity index (χ3v) is 1.61. The van der Waals surface area contributed by atoms with E-state index in [4.69, 9.17) is 9.84 Å². The number of carboxylic acid groups (broad SMARTS) is 1. The molecule has 0 aliphatic carbocycles. The fourth-order valence-electron chi connectivity index (χ4n) is 0.720. The molecular weight excluding hydrogens is 186 g/mol. The number of hydrogen-bond acceptors (Lipinski definition) is 3. The minimum Gasteiger partial charge on any atom is -0.478 e. The van der Waals surface area contributed by atoms with Crippen molar-refractivity contribution in [2.45, 2.75) is 26.4 Å². The monoisotopic (exact) mass is 201 g/mol. The van der Waals surface area contributed by atoms with Gasteiger partial charge in [-0.1, -0.05) is 6.08 Å². The van der Waals surface area contributed by atoms with E-state index in [-0.39, 0.29) is 11.7 Å². The molecule has 0 rings (SSSR count). The third-order valence-electron chi connectivity index (χ3n) is 1.61. The predicted octanol–water partition coefficient (Wildman–Crippen LogP) is 1.15. The van der Waals surface area contributed by atoms with Gasteiger partial charge in [0.15, 0.2) is 0 Å². The van der Waals surface area contributed by atoms with E-state index in [1.165, 1.54) is 20.0 Å². The summed E-state index contributed by atoms with van der Waals surface area (Å²) in [6, 6.07) is 0. The van der Waals surface area contributed by atoms with Crippen LogP contribution in [0.5, 0.6) is 0 Å². The first-order valence-electron chi connectivity index (χ1n) is 4.25. The van der Waals surface area contributed by atoms with Gasteiger partial charge in [0.2, 0.25) is 0 Å². The van der Waals surface area contributed by atoms with Crippen LogP contribution in [0.4, 0.5) is 4.79 Å². The molecular formula is C9H15NO4. The summed E-state index contributed by atoms with van der Waals surface area (Å²) in [5.41, 5.74) is 0.248. The maximum atomic E-state index is 10.7. The highest BCUT2D eigenvalue weighted by Gasteiger charge is 2.07. The van der Waals surface area contributed by atoms with Gasteiger partial charge in [-0.15, -0.1) is 0 Å². The number of amides is 1. The summed E-state index contributed by atoms with van der Waals surface area (Å²) < 4.78 is 4.84. The molecule has 0 aliphatic rings. The molecule has 0 heterocycles. The summed E-state index contributed by atoms with van der Waals surface area (Å²) in [5, 5.41) is 10.8.